The number of hydrogen-bond acceptors (Lipinski definition) is 4. The Balaban J connectivity index is 0.00000408. The molecule has 1 fully saturated rings. The summed E-state index contributed by atoms with van der Waals surface area (Å²) in [6, 6.07) is 22.1. The predicted molar refractivity (Wildman–Crippen MR) is 145 cm³/mol. The lowest BCUT2D eigenvalue weighted by molar-refractivity contribution is 0.108. The number of benzene rings is 2. The van der Waals surface area contributed by atoms with E-state index in [0.29, 0.717) is 12.5 Å². The zero-order chi connectivity index (χ0) is 23.4. The summed E-state index contributed by atoms with van der Waals surface area (Å²) in [6.45, 7) is 5.68. The average Bonchev–Trinajstić information content (AvgIpc) is 2.82. The molecule has 2 aromatic rings. The van der Waals surface area contributed by atoms with E-state index in [1.807, 2.05) is 0 Å². The zero-order valence-electron chi connectivity index (χ0n) is 20.4. The highest BCUT2D eigenvalue weighted by molar-refractivity contribution is 7.89. The Labute approximate surface area is 213 Å². The number of nitrogens with zero attached hydrogens (tertiary/aromatic N) is 2. The third-order valence-corrected chi connectivity index (χ3v) is 7.51. The van der Waals surface area contributed by atoms with Crippen molar-refractivity contribution in [3.05, 3.63) is 71.8 Å². The van der Waals surface area contributed by atoms with Crippen molar-refractivity contribution in [2.45, 2.75) is 57.4 Å². The van der Waals surface area contributed by atoms with Crippen LogP contribution in [0.25, 0.3) is 0 Å². The molecule has 2 aromatic carbocycles. The summed E-state index contributed by atoms with van der Waals surface area (Å²) < 4.78 is 21.8. The van der Waals surface area contributed by atoms with Crippen LogP contribution < -0.4 is 5.14 Å². The summed E-state index contributed by atoms with van der Waals surface area (Å²) >= 11 is 0. The second-order valence-corrected chi connectivity index (χ2v) is 11.0. The van der Waals surface area contributed by atoms with Gasteiger partial charge in [-0.05, 0) is 30.5 Å². The number of hydrogen-bond donors (Lipinski definition) is 1. The number of primary sulfonamides is 1. The van der Waals surface area contributed by atoms with Crippen LogP contribution in [0.15, 0.2) is 60.7 Å². The number of rotatable bonds is 14. The van der Waals surface area contributed by atoms with Gasteiger partial charge in [0.2, 0.25) is 10.0 Å². The Bertz CT molecular complexity index is 849. The maximum atomic E-state index is 10.9. The van der Waals surface area contributed by atoms with E-state index in [9.17, 15) is 8.42 Å². The van der Waals surface area contributed by atoms with Crippen molar-refractivity contribution in [3.8, 4) is 0 Å². The molecule has 1 aliphatic heterocycles. The number of sulfonamides is 1. The smallest absolute Gasteiger partial charge is 0.209 e. The minimum Gasteiger partial charge on any atom is -0.301 e. The fourth-order valence-corrected chi connectivity index (χ4v) is 5.44. The van der Waals surface area contributed by atoms with E-state index >= 15 is 0 Å². The van der Waals surface area contributed by atoms with Gasteiger partial charge in [0.1, 0.15) is 0 Å². The summed E-state index contributed by atoms with van der Waals surface area (Å²) in [7, 11) is -3.28. The minimum atomic E-state index is -3.28. The third kappa shape index (κ3) is 10.4. The molecule has 1 heterocycles. The molecule has 0 spiro atoms. The van der Waals surface area contributed by atoms with Crippen molar-refractivity contribution in [1.29, 1.82) is 0 Å². The van der Waals surface area contributed by atoms with Crippen LogP contribution in [0, 0.1) is 0 Å². The Morgan fingerprint density at radius 1 is 0.676 bits per heavy atom. The molecule has 7 heteroatoms. The van der Waals surface area contributed by atoms with E-state index in [0.717, 1.165) is 39.0 Å². The van der Waals surface area contributed by atoms with Crippen molar-refractivity contribution < 1.29 is 8.42 Å². The molecule has 0 saturated carbocycles. The average molecular weight is 508 g/mol. The van der Waals surface area contributed by atoms with Crippen molar-refractivity contribution in [2.75, 3.05) is 38.5 Å². The predicted octanol–water partition coefficient (Wildman–Crippen LogP) is 5.22. The van der Waals surface area contributed by atoms with Gasteiger partial charge in [0, 0.05) is 26.2 Å². The summed E-state index contributed by atoms with van der Waals surface area (Å²) in [4.78, 5) is 5.26. The fourth-order valence-electron chi connectivity index (χ4n) is 4.83. The summed E-state index contributed by atoms with van der Waals surface area (Å²) in [6.07, 6.45) is 9.05. The first kappa shape index (κ1) is 28.8. The molecule has 5 nitrogen and oxygen atoms in total. The molecule has 190 valence electrons. The van der Waals surface area contributed by atoms with Gasteiger partial charge >= 0.3 is 0 Å². The SMILES string of the molecule is Cl.NS(=O)(=O)CCCCCCCCCCN1CCN(C(c2ccccc2)c2ccccc2)CC1. The van der Waals surface area contributed by atoms with E-state index in [4.69, 9.17) is 5.14 Å². The molecule has 0 bridgehead atoms. The molecule has 3 rings (SSSR count). The zero-order valence-corrected chi connectivity index (χ0v) is 22.0. The molecule has 0 aliphatic carbocycles. The van der Waals surface area contributed by atoms with Gasteiger partial charge in [-0.25, -0.2) is 13.6 Å². The number of unbranched alkanes of at least 4 members (excludes halogenated alkanes) is 7. The molecular weight excluding hydrogens is 466 g/mol. The number of piperazine rings is 1. The molecule has 2 N–H and O–H groups in total. The monoisotopic (exact) mass is 507 g/mol. The van der Waals surface area contributed by atoms with Crippen molar-refractivity contribution in [3.63, 3.8) is 0 Å². The largest absolute Gasteiger partial charge is 0.301 e. The molecule has 0 aromatic heterocycles. The Hall–Kier alpha value is -1.44. The van der Waals surface area contributed by atoms with E-state index in [1.54, 1.807) is 0 Å². The first-order valence-electron chi connectivity index (χ1n) is 12.6. The number of halogens is 1. The lowest BCUT2D eigenvalue weighted by Gasteiger charge is -2.39. The van der Waals surface area contributed by atoms with Crippen LogP contribution in [0.4, 0.5) is 0 Å². The van der Waals surface area contributed by atoms with E-state index in [-0.39, 0.29) is 18.2 Å². The van der Waals surface area contributed by atoms with Gasteiger partial charge in [-0.3, -0.25) is 4.90 Å². The third-order valence-electron chi connectivity index (χ3n) is 6.66. The van der Waals surface area contributed by atoms with Gasteiger partial charge in [0.25, 0.3) is 0 Å². The lowest BCUT2D eigenvalue weighted by atomic mass is 9.96. The number of nitrogens with two attached hydrogens (primary N) is 1. The van der Waals surface area contributed by atoms with Gasteiger partial charge in [0.05, 0.1) is 11.8 Å². The maximum Gasteiger partial charge on any atom is 0.209 e. The molecule has 1 saturated heterocycles. The van der Waals surface area contributed by atoms with Gasteiger partial charge in [-0.1, -0.05) is 99.2 Å². The first-order chi connectivity index (χ1) is 16.0. The molecule has 34 heavy (non-hydrogen) atoms. The molecule has 0 amide bonds. The van der Waals surface area contributed by atoms with E-state index in [2.05, 4.69) is 70.5 Å². The Morgan fingerprint density at radius 3 is 1.59 bits per heavy atom. The highest BCUT2D eigenvalue weighted by Crippen LogP contribution is 2.29. The summed E-state index contributed by atoms with van der Waals surface area (Å²) in [5.74, 6) is 0.123. The Morgan fingerprint density at radius 2 is 1.12 bits per heavy atom. The van der Waals surface area contributed by atoms with Gasteiger partial charge in [0.15, 0.2) is 0 Å². The molecule has 0 unspecified atom stereocenters. The van der Waals surface area contributed by atoms with E-state index < -0.39 is 10.0 Å². The van der Waals surface area contributed by atoms with Crippen LogP contribution in [-0.2, 0) is 10.0 Å². The summed E-state index contributed by atoms with van der Waals surface area (Å²) in [5, 5.41) is 5.03. The van der Waals surface area contributed by atoms with Crippen LogP contribution in [0.3, 0.4) is 0 Å². The topological polar surface area (TPSA) is 66.6 Å². The van der Waals surface area contributed by atoms with Crippen LogP contribution in [0.2, 0.25) is 0 Å². The fraction of sp³-hybridized carbons (Fsp3) is 0.556. The highest BCUT2D eigenvalue weighted by atomic mass is 35.5. The van der Waals surface area contributed by atoms with Gasteiger partial charge < -0.3 is 4.90 Å². The maximum absolute atomic E-state index is 10.9. The van der Waals surface area contributed by atoms with Crippen LogP contribution in [0.5, 0.6) is 0 Å². The second kappa shape index (κ2) is 15.5. The standard InChI is InChI=1S/C27H41N3O2S.ClH/c28-33(31,32)24-14-6-4-2-1-3-5-13-19-29-20-22-30(23-21-29)27(25-15-9-7-10-16-25)26-17-11-8-12-18-26;/h7-12,15-18,27H,1-6,13-14,19-24H2,(H2,28,31,32);1H. The summed E-state index contributed by atoms with van der Waals surface area (Å²) in [5.41, 5.74) is 2.75. The van der Waals surface area contributed by atoms with Gasteiger partial charge in [-0.2, -0.15) is 0 Å². The lowest BCUT2D eigenvalue weighted by Crippen LogP contribution is -2.48. The molecule has 0 atom stereocenters. The van der Waals surface area contributed by atoms with Gasteiger partial charge in [-0.15, -0.1) is 12.4 Å². The second-order valence-electron chi connectivity index (χ2n) is 9.30. The molecular formula is C27H42ClN3O2S. The normalized spacial score (nSPS) is 15.4. The van der Waals surface area contributed by atoms with Crippen molar-refractivity contribution in [2.24, 2.45) is 5.14 Å². The Kier molecular flexibility index (Phi) is 13.2. The van der Waals surface area contributed by atoms with Crippen LogP contribution in [0.1, 0.15) is 68.5 Å². The van der Waals surface area contributed by atoms with Crippen molar-refractivity contribution >= 4 is 22.4 Å². The molecule has 1 aliphatic rings. The quantitative estimate of drug-likeness (QED) is 0.356. The van der Waals surface area contributed by atoms with E-state index in [1.165, 1.54) is 49.8 Å². The van der Waals surface area contributed by atoms with Crippen LogP contribution in [-0.4, -0.2) is 56.7 Å². The van der Waals surface area contributed by atoms with Crippen molar-refractivity contribution in [1.82, 2.24) is 9.80 Å². The minimum absolute atomic E-state index is 0. The molecule has 0 radical (unpaired) electrons. The van der Waals surface area contributed by atoms with Crippen LogP contribution >= 0.6 is 12.4 Å². The highest BCUT2D eigenvalue weighted by Gasteiger charge is 2.25. The first-order valence-corrected chi connectivity index (χ1v) is 14.3.